The molecule has 0 aliphatic carbocycles. The highest BCUT2D eigenvalue weighted by molar-refractivity contribution is 7.19. The molecule has 4 rings (SSSR count). The van der Waals surface area contributed by atoms with Gasteiger partial charge in [-0.1, -0.05) is 23.5 Å². The number of carbonyl (C=O) groups is 1. The first-order chi connectivity index (χ1) is 13.5. The molecule has 28 heavy (non-hydrogen) atoms. The minimum Gasteiger partial charge on any atom is -0.431 e. The second kappa shape index (κ2) is 7.81. The summed E-state index contributed by atoms with van der Waals surface area (Å²) < 4.78 is 5.86. The molecular weight excluding hydrogens is 374 g/mol. The zero-order valence-corrected chi connectivity index (χ0v) is 17.0. The number of nitrogens with zero attached hydrogens (tertiary/aromatic N) is 5. The molecule has 0 saturated carbocycles. The maximum atomic E-state index is 11.7. The largest absolute Gasteiger partial charge is 0.431 e. The number of fused-ring (bicyclic) bond motifs is 1. The van der Waals surface area contributed by atoms with Crippen LogP contribution in [0.4, 0.5) is 0 Å². The molecule has 1 aromatic carbocycles. The van der Waals surface area contributed by atoms with E-state index in [0.717, 1.165) is 30.2 Å². The molecule has 0 N–H and O–H groups in total. The van der Waals surface area contributed by atoms with E-state index in [-0.39, 0.29) is 11.9 Å². The Morgan fingerprint density at radius 1 is 1.14 bits per heavy atom. The van der Waals surface area contributed by atoms with Gasteiger partial charge in [-0.05, 0) is 31.5 Å². The Balaban J connectivity index is 1.40. The molecule has 0 radical (unpaired) electrons. The van der Waals surface area contributed by atoms with Crippen LogP contribution in [-0.4, -0.2) is 55.8 Å². The first-order valence-electron chi connectivity index (χ1n) is 9.35. The molecule has 0 spiro atoms. The molecule has 2 atom stereocenters. The van der Waals surface area contributed by atoms with Crippen LogP contribution in [0.3, 0.4) is 0 Å². The molecule has 1 saturated heterocycles. The third kappa shape index (κ3) is 3.98. The minimum absolute atomic E-state index is 0.153. The van der Waals surface area contributed by atoms with Gasteiger partial charge in [0.1, 0.15) is 5.75 Å². The number of piperazine rings is 1. The number of amides is 1. The molecule has 3 aromatic rings. The van der Waals surface area contributed by atoms with Crippen LogP contribution in [0.25, 0.3) is 10.5 Å². The SMILES string of the molecule is CC(=O)N1C[C@H](C)N(Cc2ccc(Oc3nc4nccnc4s3)cc2)C[C@@H]1C. The van der Waals surface area contributed by atoms with Crippen LogP contribution in [0.1, 0.15) is 26.3 Å². The standard InChI is InChI=1S/C20H23N5O2S/c1-13-11-25(15(3)26)14(2)10-24(13)12-16-4-6-17(7-5-16)27-20-23-18-19(28-20)22-9-8-21-18/h4-9,13-14H,10-12H2,1-3H3/t13-,14-/m0/s1. The molecule has 1 aliphatic heterocycles. The summed E-state index contributed by atoms with van der Waals surface area (Å²) in [6.45, 7) is 8.44. The van der Waals surface area contributed by atoms with Gasteiger partial charge in [0.2, 0.25) is 5.91 Å². The van der Waals surface area contributed by atoms with Crippen molar-refractivity contribution in [2.75, 3.05) is 13.1 Å². The number of rotatable bonds is 4. The number of aromatic nitrogens is 3. The summed E-state index contributed by atoms with van der Waals surface area (Å²) in [6, 6.07) is 8.64. The molecule has 3 heterocycles. The summed E-state index contributed by atoms with van der Waals surface area (Å²) in [4.78, 5) is 29.7. The quantitative estimate of drug-likeness (QED) is 0.673. The van der Waals surface area contributed by atoms with Crippen molar-refractivity contribution in [3.05, 3.63) is 42.2 Å². The molecule has 0 unspecified atom stereocenters. The van der Waals surface area contributed by atoms with Gasteiger partial charge in [0.25, 0.3) is 5.19 Å². The minimum atomic E-state index is 0.153. The molecule has 0 bridgehead atoms. The smallest absolute Gasteiger partial charge is 0.282 e. The predicted octanol–water partition coefficient (Wildman–Crippen LogP) is 3.32. The summed E-state index contributed by atoms with van der Waals surface area (Å²) in [6.07, 6.45) is 3.27. The highest BCUT2D eigenvalue weighted by atomic mass is 32.1. The average molecular weight is 398 g/mol. The molecule has 1 aliphatic rings. The van der Waals surface area contributed by atoms with Gasteiger partial charge in [-0.3, -0.25) is 9.69 Å². The number of hydrogen-bond acceptors (Lipinski definition) is 7. The third-order valence-corrected chi connectivity index (χ3v) is 5.89. The van der Waals surface area contributed by atoms with Crippen LogP contribution >= 0.6 is 11.3 Å². The lowest BCUT2D eigenvalue weighted by Gasteiger charge is -2.43. The van der Waals surface area contributed by atoms with Gasteiger partial charge in [-0.15, -0.1) is 0 Å². The number of benzene rings is 1. The third-order valence-electron chi connectivity index (χ3n) is 5.06. The summed E-state index contributed by atoms with van der Waals surface area (Å²) in [7, 11) is 0. The van der Waals surface area contributed by atoms with E-state index in [1.54, 1.807) is 19.3 Å². The highest BCUT2D eigenvalue weighted by Crippen LogP contribution is 2.29. The Morgan fingerprint density at radius 2 is 1.89 bits per heavy atom. The lowest BCUT2D eigenvalue weighted by Crippen LogP contribution is -2.57. The lowest BCUT2D eigenvalue weighted by atomic mass is 10.1. The molecular formula is C20H23N5O2S. The molecule has 1 amide bonds. The Kier molecular flexibility index (Phi) is 5.23. The first kappa shape index (κ1) is 18.8. The zero-order valence-electron chi connectivity index (χ0n) is 16.2. The van der Waals surface area contributed by atoms with Gasteiger partial charge in [0.15, 0.2) is 10.5 Å². The Bertz CT molecular complexity index is 941. The predicted molar refractivity (Wildman–Crippen MR) is 108 cm³/mol. The van der Waals surface area contributed by atoms with Crippen molar-refractivity contribution in [3.63, 3.8) is 0 Å². The number of thiazole rings is 1. The second-order valence-electron chi connectivity index (χ2n) is 7.21. The Morgan fingerprint density at radius 3 is 2.61 bits per heavy atom. The number of hydrogen-bond donors (Lipinski definition) is 0. The topological polar surface area (TPSA) is 71.5 Å². The van der Waals surface area contributed by atoms with E-state index in [2.05, 4.69) is 45.8 Å². The van der Waals surface area contributed by atoms with Gasteiger partial charge in [0, 0.05) is 51.0 Å². The summed E-state index contributed by atoms with van der Waals surface area (Å²) in [5.74, 6) is 0.895. The lowest BCUT2D eigenvalue weighted by molar-refractivity contribution is -0.134. The summed E-state index contributed by atoms with van der Waals surface area (Å²) >= 11 is 1.38. The van der Waals surface area contributed by atoms with Crippen molar-refractivity contribution in [2.24, 2.45) is 0 Å². The van der Waals surface area contributed by atoms with E-state index in [1.807, 2.05) is 17.0 Å². The molecule has 2 aromatic heterocycles. The molecule has 1 fully saturated rings. The summed E-state index contributed by atoms with van der Waals surface area (Å²) in [5.41, 5.74) is 1.82. The fraction of sp³-hybridized carbons (Fsp3) is 0.400. The normalized spacial score (nSPS) is 20.5. The van der Waals surface area contributed by atoms with E-state index < -0.39 is 0 Å². The molecule has 7 nitrogen and oxygen atoms in total. The van der Waals surface area contributed by atoms with Gasteiger partial charge >= 0.3 is 0 Å². The second-order valence-corrected chi connectivity index (χ2v) is 8.15. The maximum Gasteiger partial charge on any atom is 0.282 e. The van der Waals surface area contributed by atoms with Crippen LogP contribution in [0.2, 0.25) is 0 Å². The van der Waals surface area contributed by atoms with Gasteiger partial charge in [-0.2, -0.15) is 4.98 Å². The fourth-order valence-electron chi connectivity index (χ4n) is 3.56. The van der Waals surface area contributed by atoms with Crippen LogP contribution < -0.4 is 4.74 Å². The van der Waals surface area contributed by atoms with E-state index in [0.29, 0.717) is 16.9 Å². The average Bonchev–Trinajstić information content (AvgIpc) is 3.08. The van der Waals surface area contributed by atoms with Crippen LogP contribution in [-0.2, 0) is 11.3 Å². The number of ether oxygens (including phenoxy) is 1. The van der Waals surface area contributed by atoms with Crippen molar-refractivity contribution >= 4 is 27.7 Å². The van der Waals surface area contributed by atoms with Crippen molar-refractivity contribution in [1.29, 1.82) is 0 Å². The van der Waals surface area contributed by atoms with E-state index in [9.17, 15) is 4.79 Å². The fourth-order valence-corrected chi connectivity index (χ4v) is 4.30. The first-order valence-corrected chi connectivity index (χ1v) is 10.2. The molecule has 146 valence electrons. The monoisotopic (exact) mass is 397 g/mol. The maximum absolute atomic E-state index is 11.7. The van der Waals surface area contributed by atoms with Gasteiger partial charge in [-0.25, -0.2) is 9.97 Å². The Labute approximate surface area is 168 Å². The van der Waals surface area contributed by atoms with E-state index in [4.69, 9.17) is 4.74 Å². The zero-order chi connectivity index (χ0) is 19.7. The molecule has 8 heteroatoms. The van der Waals surface area contributed by atoms with Gasteiger partial charge < -0.3 is 9.64 Å². The number of carbonyl (C=O) groups excluding carboxylic acids is 1. The highest BCUT2D eigenvalue weighted by Gasteiger charge is 2.30. The van der Waals surface area contributed by atoms with Crippen molar-refractivity contribution in [3.8, 4) is 10.9 Å². The van der Waals surface area contributed by atoms with Crippen molar-refractivity contribution in [1.82, 2.24) is 24.8 Å². The van der Waals surface area contributed by atoms with Crippen molar-refractivity contribution in [2.45, 2.75) is 39.4 Å². The van der Waals surface area contributed by atoms with E-state index >= 15 is 0 Å². The van der Waals surface area contributed by atoms with Gasteiger partial charge in [0.05, 0.1) is 0 Å². The van der Waals surface area contributed by atoms with E-state index in [1.165, 1.54) is 16.9 Å². The van der Waals surface area contributed by atoms with Crippen LogP contribution in [0.15, 0.2) is 36.7 Å². The van der Waals surface area contributed by atoms with Crippen molar-refractivity contribution < 1.29 is 9.53 Å². The Hall–Kier alpha value is -2.58. The van der Waals surface area contributed by atoms with Crippen LogP contribution in [0.5, 0.6) is 10.9 Å². The van der Waals surface area contributed by atoms with Crippen LogP contribution in [0, 0.1) is 0 Å². The summed E-state index contributed by atoms with van der Waals surface area (Å²) in [5, 5.41) is 0.539.